The molecule has 1 aromatic heterocycles. The van der Waals surface area contributed by atoms with Gasteiger partial charge in [0.25, 0.3) is 5.91 Å². The van der Waals surface area contributed by atoms with E-state index in [4.69, 9.17) is 14.0 Å². The minimum absolute atomic E-state index is 0.0167. The van der Waals surface area contributed by atoms with Crippen LogP contribution in [0.3, 0.4) is 0 Å². The van der Waals surface area contributed by atoms with Gasteiger partial charge in [-0.2, -0.15) is 0 Å². The highest BCUT2D eigenvalue weighted by molar-refractivity contribution is 6.22. The van der Waals surface area contributed by atoms with Crippen LogP contribution in [-0.4, -0.2) is 42.8 Å². The van der Waals surface area contributed by atoms with Crippen LogP contribution in [-0.2, 0) is 20.9 Å². The van der Waals surface area contributed by atoms with E-state index in [9.17, 15) is 19.2 Å². The Labute approximate surface area is 193 Å². The molecule has 0 aliphatic carbocycles. The van der Waals surface area contributed by atoms with Crippen LogP contribution in [0.15, 0.2) is 57.8 Å². The number of aromatic amines is 1. The van der Waals surface area contributed by atoms with Crippen LogP contribution in [0.1, 0.15) is 29.4 Å². The Morgan fingerprint density at radius 3 is 2.50 bits per heavy atom. The second kappa shape index (κ2) is 9.71. The number of benzene rings is 2. The monoisotopic (exact) mass is 467 g/mol. The second-order valence-electron chi connectivity index (χ2n) is 7.43. The number of imide groups is 1. The molecule has 11 nitrogen and oxygen atoms in total. The fourth-order valence-electron chi connectivity index (χ4n) is 3.63. The maximum absolute atomic E-state index is 12.9. The molecule has 1 saturated heterocycles. The Kier molecular flexibility index (Phi) is 6.55. The summed E-state index contributed by atoms with van der Waals surface area (Å²) < 4.78 is 16.4. The molecule has 0 radical (unpaired) electrons. The van der Waals surface area contributed by atoms with Crippen molar-refractivity contribution in [2.24, 2.45) is 0 Å². The van der Waals surface area contributed by atoms with Gasteiger partial charge in [-0.05, 0) is 53.3 Å². The number of hydrogen-bond acceptors (Lipinski definition) is 8. The maximum atomic E-state index is 12.9. The predicted molar refractivity (Wildman–Crippen MR) is 118 cm³/mol. The highest BCUT2D eigenvalue weighted by Gasteiger charge is 2.40. The van der Waals surface area contributed by atoms with Gasteiger partial charge in [0.15, 0.2) is 0 Å². The average molecular weight is 467 g/mol. The van der Waals surface area contributed by atoms with E-state index in [1.165, 1.54) is 28.9 Å². The van der Waals surface area contributed by atoms with Crippen LogP contribution in [0.2, 0.25) is 0 Å². The SMILES string of the molecule is CCOC(=O)c1ccc(N2C(=O)CC(NCc3c(=O)o[nH][n+]3-c3ccc(OC)cc3)C2=O)cc1. The molecule has 1 aliphatic heterocycles. The predicted octanol–water partition coefficient (Wildman–Crippen LogP) is 0.852. The number of esters is 1. The van der Waals surface area contributed by atoms with Gasteiger partial charge in [-0.15, -0.1) is 0 Å². The molecule has 2 aromatic carbocycles. The molecule has 2 N–H and O–H groups in total. The van der Waals surface area contributed by atoms with Crippen molar-refractivity contribution in [3.05, 3.63) is 70.2 Å². The molecule has 11 heteroatoms. The molecule has 2 amide bonds. The largest absolute Gasteiger partial charge is 0.497 e. The number of rotatable bonds is 8. The van der Waals surface area contributed by atoms with Crippen LogP contribution in [0, 0.1) is 0 Å². The number of methoxy groups -OCH3 is 1. The molecule has 1 aliphatic rings. The van der Waals surface area contributed by atoms with Crippen molar-refractivity contribution in [1.29, 1.82) is 0 Å². The van der Waals surface area contributed by atoms with E-state index in [0.717, 1.165) is 4.90 Å². The molecule has 176 valence electrons. The lowest BCUT2D eigenvalue weighted by molar-refractivity contribution is -0.677. The zero-order valence-electron chi connectivity index (χ0n) is 18.6. The number of anilines is 1. The molecular weight excluding hydrogens is 444 g/mol. The Hall–Kier alpha value is -4.25. The van der Waals surface area contributed by atoms with Gasteiger partial charge < -0.3 is 9.47 Å². The van der Waals surface area contributed by atoms with Gasteiger partial charge in [-0.25, -0.2) is 14.5 Å². The van der Waals surface area contributed by atoms with Crippen LogP contribution >= 0.6 is 0 Å². The molecule has 4 rings (SSSR count). The lowest BCUT2D eigenvalue weighted by Gasteiger charge is -2.15. The number of carbonyl (C=O) groups is 3. The molecule has 1 atom stereocenters. The van der Waals surface area contributed by atoms with E-state index >= 15 is 0 Å². The Morgan fingerprint density at radius 1 is 1.15 bits per heavy atom. The molecule has 3 aromatic rings. The minimum Gasteiger partial charge on any atom is -0.497 e. The van der Waals surface area contributed by atoms with E-state index in [0.29, 0.717) is 22.7 Å². The fourth-order valence-corrected chi connectivity index (χ4v) is 3.63. The Bertz CT molecular complexity index is 1260. The van der Waals surface area contributed by atoms with Crippen LogP contribution in [0.4, 0.5) is 5.69 Å². The minimum atomic E-state index is -0.823. The van der Waals surface area contributed by atoms with E-state index in [1.807, 2.05) is 0 Å². The van der Waals surface area contributed by atoms with Crippen molar-refractivity contribution >= 4 is 23.5 Å². The van der Waals surface area contributed by atoms with Crippen molar-refractivity contribution in [2.75, 3.05) is 18.6 Å². The first-order chi connectivity index (χ1) is 16.4. The quantitative estimate of drug-likeness (QED) is 0.283. The summed E-state index contributed by atoms with van der Waals surface area (Å²) in [6.07, 6.45) is -0.0727. The number of nitrogens with one attached hydrogen (secondary N) is 2. The maximum Gasteiger partial charge on any atom is 0.431 e. The summed E-state index contributed by atoms with van der Waals surface area (Å²) in [6, 6.07) is 12.1. The molecular formula is C23H23N4O7+. The van der Waals surface area contributed by atoms with Gasteiger partial charge in [0.1, 0.15) is 5.75 Å². The first kappa shape index (κ1) is 22.9. The first-order valence-electron chi connectivity index (χ1n) is 10.6. The van der Waals surface area contributed by atoms with Gasteiger partial charge in [0.2, 0.25) is 11.6 Å². The number of H-pyrrole nitrogens is 1. The number of hydrogen-bond donors (Lipinski definition) is 2. The van der Waals surface area contributed by atoms with Crippen molar-refractivity contribution < 1.29 is 33.1 Å². The van der Waals surface area contributed by atoms with Crippen molar-refractivity contribution in [3.8, 4) is 11.4 Å². The summed E-state index contributed by atoms with van der Waals surface area (Å²) in [5.74, 6) is -0.677. The zero-order valence-corrected chi connectivity index (χ0v) is 18.6. The van der Waals surface area contributed by atoms with Crippen molar-refractivity contribution in [3.63, 3.8) is 0 Å². The highest BCUT2D eigenvalue weighted by Crippen LogP contribution is 2.23. The molecule has 34 heavy (non-hydrogen) atoms. The first-order valence-corrected chi connectivity index (χ1v) is 10.6. The third-order valence-electron chi connectivity index (χ3n) is 5.36. The van der Waals surface area contributed by atoms with Gasteiger partial charge >= 0.3 is 17.3 Å². The van der Waals surface area contributed by atoms with Crippen molar-refractivity contribution in [2.45, 2.75) is 25.9 Å². The zero-order chi connectivity index (χ0) is 24.2. The highest BCUT2D eigenvalue weighted by atomic mass is 16.5. The van der Waals surface area contributed by atoms with Gasteiger partial charge in [0, 0.05) is 12.1 Å². The number of carbonyl (C=O) groups excluding carboxylic acids is 3. The fraction of sp³-hybridized carbons (Fsp3) is 0.261. The van der Waals surface area contributed by atoms with E-state index in [1.54, 1.807) is 38.3 Å². The van der Waals surface area contributed by atoms with Crippen LogP contribution in [0.5, 0.6) is 5.75 Å². The summed E-state index contributed by atoms with van der Waals surface area (Å²) in [6.45, 7) is 1.93. The number of aromatic nitrogens is 2. The van der Waals surface area contributed by atoms with Crippen LogP contribution in [0.25, 0.3) is 5.69 Å². The molecule has 0 bridgehead atoms. The molecule has 2 heterocycles. The van der Waals surface area contributed by atoms with Gasteiger partial charge in [-0.1, -0.05) is 0 Å². The smallest absolute Gasteiger partial charge is 0.431 e. The third-order valence-corrected chi connectivity index (χ3v) is 5.36. The standard InChI is InChI=1S/C23H22N4O7/c1-3-33-22(30)14-4-6-15(7-5-14)26-20(28)12-18(21(26)29)24-13-19-23(31)34-25-27(19)16-8-10-17(32-2)11-9-16/h4-11,18,24H,3,12-13H2,1-2H3/p+1. The molecule has 1 fully saturated rings. The third kappa shape index (κ3) is 4.46. The van der Waals surface area contributed by atoms with E-state index < -0.39 is 29.5 Å². The Morgan fingerprint density at radius 2 is 1.85 bits per heavy atom. The van der Waals surface area contributed by atoms with E-state index in [2.05, 4.69) is 10.6 Å². The number of nitrogens with zero attached hydrogens (tertiary/aromatic N) is 2. The van der Waals surface area contributed by atoms with Crippen molar-refractivity contribution in [1.82, 2.24) is 10.6 Å². The lowest BCUT2D eigenvalue weighted by Crippen LogP contribution is -2.44. The molecule has 0 saturated carbocycles. The summed E-state index contributed by atoms with van der Waals surface area (Å²) in [4.78, 5) is 50.6. The van der Waals surface area contributed by atoms with E-state index in [-0.39, 0.29) is 25.3 Å². The summed E-state index contributed by atoms with van der Waals surface area (Å²) in [5, 5.41) is 5.50. The van der Waals surface area contributed by atoms with Gasteiger partial charge in [-0.3, -0.25) is 19.4 Å². The second-order valence-corrected chi connectivity index (χ2v) is 7.43. The summed E-state index contributed by atoms with van der Waals surface area (Å²) in [7, 11) is 1.55. The average Bonchev–Trinajstić information content (AvgIpc) is 3.35. The van der Waals surface area contributed by atoms with Crippen LogP contribution < -0.4 is 25.3 Å². The number of ether oxygens (including phenoxy) is 2. The molecule has 1 unspecified atom stereocenters. The summed E-state index contributed by atoms with van der Waals surface area (Å²) >= 11 is 0. The summed E-state index contributed by atoms with van der Waals surface area (Å²) in [5.41, 5.74) is 0.915. The Balaban J connectivity index is 1.47. The lowest BCUT2D eigenvalue weighted by atomic mass is 10.2. The van der Waals surface area contributed by atoms with Gasteiger partial charge in [0.05, 0.1) is 44.0 Å². The normalized spacial score (nSPS) is 15.6. The topological polar surface area (TPSA) is 135 Å². The molecule has 0 spiro atoms. The number of amides is 2.